The third-order valence-electron chi connectivity index (χ3n) is 3.24. The predicted octanol–water partition coefficient (Wildman–Crippen LogP) is 2.76. The number of rotatable bonds is 4. The molecule has 1 aliphatic rings. The Morgan fingerprint density at radius 3 is 2.58 bits per heavy atom. The number of carbonyl (C=O) groups is 1. The second-order valence-electron chi connectivity index (χ2n) is 5.26. The van der Waals surface area contributed by atoms with Crippen molar-refractivity contribution in [3.63, 3.8) is 0 Å². The molecule has 1 aliphatic heterocycles. The summed E-state index contributed by atoms with van der Waals surface area (Å²) in [4.78, 5) is 14.2. The molecule has 0 bridgehead atoms. The number of hydrogen-bond donors (Lipinski definition) is 0. The molecule has 104 valence electrons. The molecule has 2 unspecified atom stereocenters. The highest BCUT2D eigenvalue weighted by Gasteiger charge is 2.23. The number of hydrogen-bond acceptors (Lipinski definition) is 3. The van der Waals surface area contributed by atoms with E-state index in [0.29, 0.717) is 22.6 Å². The number of nitrogens with zero attached hydrogens (tertiary/aromatic N) is 1. The predicted molar refractivity (Wildman–Crippen MR) is 78.1 cm³/mol. The van der Waals surface area contributed by atoms with Crippen molar-refractivity contribution in [1.29, 1.82) is 0 Å². The van der Waals surface area contributed by atoms with Crippen molar-refractivity contribution < 1.29 is 9.18 Å². The summed E-state index contributed by atoms with van der Waals surface area (Å²) >= 11 is 1.97. The summed E-state index contributed by atoms with van der Waals surface area (Å²) in [6.07, 6.45) is 0.194. The van der Waals surface area contributed by atoms with Crippen LogP contribution in [0.25, 0.3) is 0 Å². The molecule has 0 radical (unpaired) electrons. The first-order valence-corrected chi connectivity index (χ1v) is 7.62. The van der Waals surface area contributed by atoms with Gasteiger partial charge in [0.1, 0.15) is 5.82 Å². The summed E-state index contributed by atoms with van der Waals surface area (Å²) in [6, 6.07) is 6.51. The molecule has 2 atom stereocenters. The first-order chi connectivity index (χ1) is 9.04. The van der Waals surface area contributed by atoms with E-state index in [-0.39, 0.29) is 18.0 Å². The van der Waals surface area contributed by atoms with Gasteiger partial charge in [-0.25, -0.2) is 4.39 Å². The molecule has 19 heavy (non-hydrogen) atoms. The van der Waals surface area contributed by atoms with Crippen molar-refractivity contribution in [1.82, 2.24) is 4.90 Å². The molecule has 0 spiro atoms. The standard InChI is InChI=1S/C15H20FNOS/c1-11-8-17(9-12(2)19-11)10-14(18)7-13-5-3-4-6-15(13)16/h3-6,11-12H,7-10H2,1-2H3. The van der Waals surface area contributed by atoms with E-state index in [1.54, 1.807) is 18.2 Å². The van der Waals surface area contributed by atoms with Gasteiger partial charge in [-0.15, -0.1) is 0 Å². The fraction of sp³-hybridized carbons (Fsp3) is 0.533. The number of Topliss-reactive ketones (excluding diaryl/α,β-unsaturated/α-hetero) is 1. The Balaban J connectivity index is 1.89. The maximum absolute atomic E-state index is 13.5. The van der Waals surface area contributed by atoms with Crippen molar-refractivity contribution in [2.75, 3.05) is 19.6 Å². The highest BCUT2D eigenvalue weighted by molar-refractivity contribution is 8.00. The van der Waals surface area contributed by atoms with Gasteiger partial charge in [0, 0.05) is 30.0 Å². The first-order valence-electron chi connectivity index (χ1n) is 6.67. The van der Waals surface area contributed by atoms with Gasteiger partial charge in [-0.05, 0) is 11.6 Å². The molecule has 1 fully saturated rings. The van der Waals surface area contributed by atoms with Crippen LogP contribution in [0.3, 0.4) is 0 Å². The van der Waals surface area contributed by atoms with Gasteiger partial charge in [0.25, 0.3) is 0 Å². The Morgan fingerprint density at radius 1 is 1.32 bits per heavy atom. The third-order valence-corrected chi connectivity index (χ3v) is 4.47. The van der Waals surface area contributed by atoms with Crippen LogP contribution in [-0.4, -0.2) is 40.8 Å². The molecule has 0 N–H and O–H groups in total. The molecule has 2 nitrogen and oxygen atoms in total. The van der Waals surface area contributed by atoms with Crippen molar-refractivity contribution in [2.45, 2.75) is 30.8 Å². The molecule has 1 heterocycles. The number of ketones is 1. The quantitative estimate of drug-likeness (QED) is 0.846. The highest BCUT2D eigenvalue weighted by Crippen LogP contribution is 2.24. The van der Waals surface area contributed by atoms with E-state index in [0.717, 1.165) is 13.1 Å². The highest BCUT2D eigenvalue weighted by atomic mass is 32.2. The van der Waals surface area contributed by atoms with E-state index in [1.807, 2.05) is 11.8 Å². The fourth-order valence-electron chi connectivity index (χ4n) is 2.57. The average molecular weight is 281 g/mol. The first kappa shape index (κ1) is 14.5. The van der Waals surface area contributed by atoms with E-state index < -0.39 is 0 Å². The second-order valence-corrected chi connectivity index (χ2v) is 7.14. The number of carbonyl (C=O) groups excluding carboxylic acids is 1. The van der Waals surface area contributed by atoms with E-state index >= 15 is 0 Å². The minimum atomic E-state index is -0.285. The van der Waals surface area contributed by atoms with Gasteiger partial charge < -0.3 is 0 Å². The largest absolute Gasteiger partial charge is 0.298 e. The van der Waals surface area contributed by atoms with Crippen LogP contribution in [0.4, 0.5) is 4.39 Å². The second kappa shape index (κ2) is 6.53. The van der Waals surface area contributed by atoms with E-state index in [4.69, 9.17) is 0 Å². The molecule has 0 amide bonds. The summed E-state index contributed by atoms with van der Waals surface area (Å²) in [5.74, 6) is -0.191. The smallest absolute Gasteiger partial charge is 0.151 e. The zero-order chi connectivity index (χ0) is 13.8. The Kier molecular flexibility index (Phi) is 4.99. The lowest BCUT2D eigenvalue weighted by molar-refractivity contribution is -0.119. The van der Waals surface area contributed by atoms with E-state index in [9.17, 15) is 9.18 Å². The van der Waals surface area contributed by atoms with E-state index in [2.05, 4.69) is 18.7 Å². The molecule has 0 aromatic heterocycles. The zero-order valence-corrected chi connectivity index (χ0v) is 12.3. The molecular weight excluding hydrogens is 261 g/mol. The summed E-state index contributed by atoms with van der Waals surface area (Å²) < 4.78 is 13.5. The van der Waals surface area contributed by atoms with Crippen LogP contribution < -0.4 is 0 Å². The molecule has 2 rings (SSSR count). The Morgan fingerprint density at radius 2 is 1.95 bits per heavy atom. The van der Waals surface area contributed by atoms with Crippen LogP contribution >= 0.6 is 11.8 Å². The normalized spacial score (nSPS) is 24.4. The van der Waals surface area contributed by atoms with Crippen LogP contribution in [0.1, 0.15) is 19.4 Å². The van der Waals surface area contributed by atoms with Gasteiger partial charge >= 0.3 is 0 Å². The molecule has 1 saturated heterocycles. The van der Waals surface area contributed by atoms with Gasteiger partial charge in [-0.3, -0.25) is 9.69 Å². The third kappa shape index (κ3) is 4.32. The maximum atomic E-state index is 13.5. The summed E-state index contributed by atoms with van der Waals surface area (Å²) in [7, 11) is 0. The molecule has 0 saturated carbocycles. The van der Waals surface area contributed by atoms with E-state index in [1.165, 1.54) is 6.07 Å². The Hall–Kier alpha value is -0.870. The lowest BCUT2D eigenvalue weighted by Crippen LogP contribution is -2.43. The molecule has 1 aromatic carbocycles. The van der Waals surface area contributed by atoms with Crippen LogP contribution in [0.2, 0.25) is 0 Å². The number of benzene rings is 1. The minimum absolute atomic E-state index is 0.0939. The van der Waals surface area contributed by atoms with Gasteiger partial charge in [-0.1, -0.05) is 32.0 Å². The van der Waals surface area contributed by atoms with Crippen LogP contribution in [0.5, 0.6) is 0 Å². The van der Waals surface area contributed by atoms with Crippen LogP contribution in [0, 0.1) is 5.82 Å². The average Bonchev–Trinajstić information content (AvgIpc) is 2.30. The van der Waals surface area contributed by atoms with Gasteiger partial charge in [0.15, 0.2) is 5.78 Å². The lowest BCUT2D eigenvalue weighted by atomic mass is 10.1. The topological polar surface area (TPSA) is 20.3 Å². The van der Waals surface area contributed by atoms with Gasteiger partial charge in [-0.2, -0.15) is 11.8 Å². The molecule has 0 aliphatic carbocycles. The Bertz CT molecular complexity index is 442. The van der Waals surface area contributed by atoms with Crippen molar-refractivity contribution in [3.05, 3.63) is 35.6 Å². The Labute approximate surface area is 118 Å². The number of thioether (sulfide) groups is 1. The minimum Gasteiger partial charge on any atom is -0.298 e. The number of halogens is 1. The zero-order valence-electron chi connectivity index (χ0n) is 11.4. The SMILES string of the molecule is CC1CN(CC(=O)Cc2ccccc2F)CC(C)S1. The monoisotopic (exact) mass is 281 g/mol. The summed E-state index contributed by atoms with van der Waals surface area (Å²) in [5, 5.41) is 1.12. The van der Waals surface area contributed by atoms with Crippen LogP contribution in [0.15, 0.2) is 24.3 Å². The fourth-order valence-corrected chi connectivity index (χ4v) is 3.96. The van der Waals surface area contributed by atoms with Crippen molar-refractivity contribution in [2.24, 2.45) is 0 Å². The molecule has 1 aromatic rings. The van der Waals surface area contributed by atoms with Crippen molar-refractivity contribution >= 4 is 17.5 Å². The van der Waals surface area contributed by atoms with Crippen LogP contribution in [-0.2, 0) is 11.2 Å². The summed E-state index contributed by atoms with van der Waals surface area (Å²) in [5.41, 5.74) is 0.500. The maximum Gasteiger partial charge on any atom is 0.151 e. The molecular formula is C15H20FNOS. The lowest BCUT2D eigenvalue weighted by Gasteiger charge is -2.34. The van der Waals surface area contributed by atoms with Crippen molar-refractivity contribution in [3.8, 4) is 0 Å². The summed E-state index contributed by atoms with van der Waals surface area (Å²) in [6.45, 7) is 6.70. The van der Waals surface area contributed by atoms with Gasteiger partial charge in [0.2, 0.25) is 0 Å². The molecule has 4 heteroatoms. The van der Waals surface area contributed by atoms with Gasteiger partial charge in [0.05, 0.1) is 6.54 Å².